The van der Waals surface area contributed by atoms with E-state index in [9.17, 15) is 14.4 Å². The van der Waals surface area contributed by atoms with Gasteiger partial charge in [0.25, 0.3) is 11.1 Å². The van der Waals surface area contributed by atoms with Gasteiger partial charge in [0, 0.05) is 8.95 Å². The second-order valence-electron chi connectivity index (χ2n) is 6.28. The topological polar surface area (TPSA) is 82.1 Å². The molecule has 0 aromatic heterocycles. The van der Waals surface area contributed by atoms with Crippen molar-refractivity contribution in [3.05, 3.63) is 61.4 Å². The fourth-order valence-corrected chi connectivity index (χ4v) is 4.21. The summed E-state index contributed by atoms with van der Waals surface area (Å²) in [5, 5.41) is -0.333. The minimum atomic E-state index is -0.526. The molecule has 0 unspecified atom stereocenters. The number of carbonyl (C=O) groups excluding carboxylic acids is 3. The molecule has 3 rings (SSSR count). The molecule has 2 amide bonds. The van der Waals surface area contributed by atoms with Crippen molar-refractivity contribution in [2.24, 2.45) is 0 Å². The number of hydrogen-bond acceptors (Lipinski definition) is 7. The van der Waals surface area contributed by atoms with E-state index in [4.69, 9.17) is 9.47 Å². The Morgan fingerprint density at radius 1 is 1.10 bits per heavy atom. The van der Waals surface area contributed by atoms with Gasteiger partial charge in [0.05, 0.1) is 25.7 Å². The number of ether oxygens (including phenoxy) is 3. The number of thioether (sulfide) groups is 1. The summed E-state index contributed by atoms with van der Waals surface area (Å²) in [5.74, 6) is -0.191. The maximum absolute atomic E-state index is 12.8. The quantitative estimate of drug-likeness (QED) is 0.342. The van der Waals surface area contributed by atoms with Gasteiger partial charge in [-0.05, 0) is 53.2 Å². The number of rotatable bonds is 7. The number of halogens is 2. The average molecular weight is 571 g/mol. The maximum atomic E-state index is 12.8. The van der Waals surface area contributed by atoms with E-state index in [1.807, 2.05) is 24.3 Å². The molecule has 2 aromatic carbocycles. The van der Waals surface area contributed by atoms with Gasteiger partial charge in [-0.3, -0.25) is 14.5 Å². The van der Waals surface area contributed by atoms with Crippen LogP contribution in [0.4, 0.5) is 4.79 Å². The van der Waals surface area contributed by atoms with E-state index in [0.717, 1.165) is 21.8 Å². The zero-order valence-corrected chi connectivity index (χ0v) is 20.5. The Balaban J connectivity index is 1.82. The van der Waals surface area contributed by atoms with Crippen molar-refractivity contribution in [3.8, 4) is 11.5 Å². The Kier molecular flexibility index (Phi) is 7.79. The van der Waals surface area contributed by atoms with Crippen molar-refractivity contribution >= 4 is 66.8 Å². The molecule has 7 nitrogen and oxygen atoms in total. The van der Waals surface area contributed by atoms with Crippen LogP contribution in [-0.4, -0.2) is 42.8 Å². The van der Waals surface area contributed by atoms with E-state index in [-0.39, 0.29) is 24.3 Å². The minimum Gasteiger partial charge on any atom is -0.493 e. The standard InChI is InChI=1S/C21H17Br2NO6S/c1-28-16-7-13(15(23)9-17(16)30-11-19(25)29-2)8-18-20(26)24(21(27)31-18)10-12-3-5-14(22)6-4-12/h3-9H,10-11H2,1-2H3/b18-8-. The van der Waals surface area contributed by atoms with E-state index in [1.54, 1.807) is 18.2 Å². The summed E-state index contributed by atoms with van der Waals surface area (Å²) in [5.41, 5.74) is 1.47. The number of hydrogen-bond donors (Lipinski definition) is 0. The van der Waals surface area contributed by atoms with Gasteiger partial charge in [-0.1, -0.05) is 44.0 Å². The molecular weight excluding hydrogens is 554 g/mol. The molecule has 0 aliphatic carbocycles. The molecule has 2 aromatic rings. The largest absolute Gasteiger partial charge is 0.493 e. The van der Waals surface area contributed by atoms with E-state index >= 15 is 0 Å². The van der Waals surface area contributed by atoms with Crippen molar-refractivity contribution < 1.29 is 28.6 Å². The first kappa shape index (κ1) is 23.4. The first-order valence-corrected chi connectivity index (χ1v) is 11.3. The van der Waals surface area contributed by atoms with Gasteiger partial charge < -0.3 is 14.2 Å². The van der Waals surface area contributed by atoms with Crippen molar-refractivity contribution in [1.29, 1.82) is 0 Å². The SMILES string of the molecule is COC(=O)COc1cc(Br)c(/C=C2\SC(=O)N(Cc3ccc(Br)cc3)C2=O)cc1OC. The van der Waals surface area contributed by atoms with Gasteiger partial charge in [-0.25, -0.2) is 4.79 Å². The van der Waals surface area contributed by atoms with Crippen molar-refractivity contribution in [2.45, 2.75) is 6.54 Å². The predicted octanol–water partition coefficient (Wildman–Crippen LogP) is 5.01. The third-order valence-corrected chi connectivity index (χ3v) is 6.39. The Morgan fingerprint density at radius 3 is 2.45 bits per heavy atom. The molecule has 0 atom stereocenters. The lowest BCUT2D eigenvalue weighted by molar-refractivity contribution is -0.142. The van der Waals surface area contributed by atoms with Crippen molar-refractivity contribution in [2.75, 3.05) is 20.8 Å². The van der Waals surface area contributed by atoms with Gasteiger partial charge >= 0.3 is 5.97 Å². The Morgan fingerprint density at radius 2 is 1.81 bits per heavy atom. The lowest BCUT2D eigenvalue weighted by atomic mass is 10.1. The van der Waals surface area contributed by atoms with Gasteiger partial charge in [-0.15, -0.1) is 0 Å². The highest BCUT2D eigenvalue weighted by atomic mass is 79.9. The molecule has 0 spiro atoms. The molecule has 0 radical (unpaired) electrons. The summed E-state index contributed by atoms with van der Waals surface area (Å²) < 4.78 is 16.8. The van der Waals surface area contributed by atoms with Gasteiger partial charge in [-0.2, -0.15) is 0 Å². The number of benzene rings is 2. The Hall–Kier alpha value is -2.30. The maximum Gasteiger partial charge on any atom is 0.343 e. The van der Waals surface area contributed by atoms with Crippen LogP contribution in [-0.2, 0) is 20.9 Å². The normalized spacial score (nSPS) is 14.8. The number of nitrogens with zero attached hydrogens (tertiary/aromatic N) is 1. The fraction of sp³-hybridized carbons (Fsp3) is 0.190. The van der Waals surface area contributed by atoms with E-state index in [2.05, 4.69) is 36.6 Å². The minimum absolute atomic E-state index is 0.195. The van der Waals surface area contributed by atoms with Crippen molar-refractivity contribution in [3.63, 3.8) is 0 Å². The summed E-state index contributed by atoms with van der Waals surface area (Å²) in [7, 11) is 2.73. The number of amides is 2. The molecule has 1 aliphatic heterocycles. The number of esters is 1. The first-order valence-electron chi connectivity index (χ1n) is 8.89. The molecule has 0 saturated carbocycles. The molecule has 0 N–H and O–H groups in total. The Labute approximate surface area is 200 Å². The molecule has 10 heteroatoms. The molecule has 0 bridgehead atoms. The second kappa shape index (κ2) is 10.3. The molecule has 1 fully saturated rings. The van der Waals surface area contributed by atoms with Crippen LogP contribution in [0.1, 0.15) is 11.1 Å². The predicted molar refractivity (Wildman–Crippen MR) is 124 cm³/mol. The highest BCUT2D eigenvalue weighted by Gasteiger charge is 2.35. The van der Waals surface area contributed by atoms with Crippen LogP contribution in [0.3, 0.4) is 0 Å². The smallest absolute Gasteiger partial charge is 0.343 e. The summed E-state index contributed by atoms with van der Waals surface area (Å²) in [6.07, 6.45) is 1.61. The molecule has 1 heterocycles. The van der Waals surface area contributed by atoms with Crippen LogP contribution < -0.4 is 9.47 Å². The number of imide groups is 1. The van der Waals surface area contributed by atoms with Crippen LogP contribution in [0.25, 0.3) is 6.08 Å². The number of carbonyl (C=O) groups is 3. The average Bonchev–Trinajstić information content (AvgIpc) is 3.02. The van der Waals surface area contributed by atoms with E-state index in [1.165, 1.54) is 19.1 Å². The first-order chi connectivity index (χ1) is 14.8. The highest BCUT2D eigenvalue weighted by molar-refractivity contribution is 9.10. The van der Waals surface area contributed by atoms with E-state index in [0.29, 0.717) is 26.4 Å². The summed E-state index contributed by atoms with van der Waals surface area (Å²) in [4.78, 5) is 38.1. The lowest BCUT2D eigenvalue weighted by Crippen LogP contribution is -2.27. The fourth-order valence-electron chi connectivity index (χ4n) is 2.68. The monoisotopic (exact) mass is 569 g/mol. The molecule has 1 saturated heterocycles. The lowest BCUT2D eigenvalue weighted by Gasteiger charge is -2.13. The zero-order valence-electron chi connectivity index (χ0n) is 16.5. The third-order valence-electron chi connectivity index (χ3n) is 4.27. The third kappa shape index (κ3) is 5.69. The number of methoxy groups -OCH3 is 2. The highest BCUT2D eigenvalue weighted by Crippen LogP contribution is 2.38. The molecular formula is C21H17Br2NO6S. The molecule has 162 valence electrons. The van der Waals surface area contributed by atoms with Crippen LogP contribution >= 0.6 is 43.6 Å². The van der Waals surface area contributed by atoms with Crippen LogP contribution in [0.2, 0.25) is 0 Å². The summed E-state index contributed by atoms with van der Waals surface area (Å²) in [6.45, 7) is -0.0757. The van der Waals surface area contributed by atoms with Crippen molar-refractivity contribution in [1.82, 2.24) is 4.90 Å². The van der Waals surface area contributed by atoms with Gasteiger partial charge in [0.2, 0.25) is 0 Å². The van der Waals surface area contributed by atoms with Crippen LogP contribution in [0.15, 0.2) is 50.2 Å². The van der Waals surface area contributed by atoms with Gasteiger partial charge in [0.1, 0.15) is 0 Å². The molecule has 1 aliphatic rings. The van der Waals surface area contributed by atoms with Crippen LogP contribution in [0.5, 0.6) is 11.5 Å². The van der Waals surface area contributed by atoms with E-state index < -0.39 is 5.97 Å². The zero-order chi connectivity index (χ0) is 22.5. The van der Waals surface area contributed by atoms with Gasteiger partial charge in [0.15, 0.2) is 18.1 Å². The Bertz CT molecular complexity index is 1050. The summed E-state index contributed by atoms with van der Waals surface area (Å²) in [6, 6.07) is 10.7. The summed E-state index contributed by atoms with van der Waals surface area (Å²) >= 11 is 7.68. The van der Waals surface area contributed by atoms with Crippen LogP contribution in [0, 0.1) is 0 Å². The second-order valence-corrected chi connectivity index (χ2v) is 9.05. The molecule has 31 heavy (non-hydrogen) atoms.